The molecule has 0 bridgehead atoms. The zero-order chi connectivity index (χ0) is 11.4. The maximum atomic E-state index is 5.95. The first-order valence-corrected chi connectivity index (χ1v) is 7.08. The highest BCUT2D eigenvalue weighted by atomic mass is 35.5. The Morgan fingerprint density at radius 3 is 3.06 bits per heavy atom. The van der Waals surface area contributed by atoms with Crippen LogP contribution in [0.5, 0.6) is 0 Å². The van der Waals surface area contributed by atoms with Gasteiger partial charge in [-0.3, -0.25) is 0 Å². The standard InChI is InChI=1S/C12H18ClNOS/c1-2-14-10(11-4-3-7-15-11)8-9-5-6-12(13)16-9/h5-6,10-11,14H,2-4,7-8H2,1H3. The van der Waals surface area contributed by atoms with E-state index in [-0.39, 0.29) is 0 Å². The van der Waals surface area contributed by atoms with Crippen LogP contribution in [0.3, 0.4) is 0 Å². The monoisotopic (exact) mass is 259 g/mol. The van der Waals surface area contributed by atoms with Crippen molar-refractivity contribution in [3.63, 3.8) is 0 Å². The Hall–Kier alpha value is -0.0900. The van der Waals surface area contributed by atoms with Gasteiger partial charge in [-0.15, -0.1) is 11.3 Å². The largest absolute Gasteiger partial charge is 0.377 e. The Bertz CT molecular complexity index is 323. The van der Waals surface area contributed by atoms with Crippen molar-refractivity contribution in [2.24, 2.45) is 0 Å². The second kappa shape index (κ2) is 6.01. The first-order chi connectivity index (χ1) is 7.79. The maximum Gasteiger partial charge on any atom is 0.0931 e. The number of ether oxygens (including phenoxy) is 1. The van der Waals surface area contributed by atoms with Crippen LogP contribution in [-0.2, 0) is 11.2 Å². The lowest BCUT2D eigenvalue weighted by atomic mass is 10.0. The third kappa shape index (κ3) is 3.20. The van der Waals surface area contributed by atoms with Crippen LogP contribution in [0.1, 0.15) is 24.6 Å². The van der Waals surface area contributed by atoms with Crippen LogP contribution in [0.4, 0.5) is 0 Å². The summed E-state index contributed by atoms with van der Waals surface area (Å²) in [6, 6.07) is 4.52. The molecule has 1 aromatic heterocycles. The molecule has 0 saturated carbocycles. The first-order valence-electron chi connectivity index (χ1n) is 5.89. The molecular weight excluding hydrogens is 242 g/mol. The van der Waals surface area contributed by atoms with E-state index in [1.807, 2.05) is 6.07 Å². The van der Waals surface area contributed by atoms with E-state index in [4.69, 9.17) is 16.3 Å². The molecule has 4 heteroatoms. The van der Waals surface area contributed by atoms with E-state index in [0.717, 1.165) is 23.9 Å². The fourth-order valence-corrected chi connectivity index (χ4v) is 3.34. The Morgan fingerprint density at radius 1 is 1.62 bits per heavy atom. The summed E-state index contributed by atoms with van der Waals surface area (Å²) in [6.45, 7) is 4.05. The van der Waals surface area contributed by atoms with E-state index >= 15 is 0 Å². The SMILES string of the molecule is CCNC(Cc1ccc(Cl)s1)C1CCCO1. The summed E-state index contributed by atoms with van der Waals surface area (Å²) in [5.74, 6) is 0. The minimum Gasteiger partial charge on any atom is -0.377 e. The molecule has 2 nitrogen and oxygen atoms in total. The number of likely N-dealkylation sites (N-methyl/N-ethyl adjacent to an activating group) is 1. The summed E-state index contributed by atoms with van der Waals surface area (Å²) >= 11 is 7.62. The molecule has 2 atom stereocenters. The summed E-state index contributed by atoms with van der Waals surface area (Å²) in [4.78, 5) is 1.34. The summed E-state index contributed by atoms with van der Waals surface area (Å²) in [5.41, 5.74) is 0. The van der Waals surface area contributed by atoms with Crippen LogP contribution in [0.15, 0.2) is 12.1 Å². The molecule has 2 rings (SSSR count). The second-order valence-electron chi connectivity index (χ2n) is 4.13. The molecule has 16 heavy (non-hydrogen) atoms. The average molecular weight is 260 g/mol. The molecule has 0 radical (unpaired) electrons. The minimum atomic E-state index is 0.376. The number of halogens is 1. The fourth-order valence-electron chi connectivity index (χ4n) is 2.20. The highest BCUT2D eigenvalue weighted by molar-refractivity contribution is 7.16. The van der Waals surface area contributed by atoms with Gasteiger partial charge in [0.05, 0.1) is 10.4 Å². The maximum absolute atomic E-state index is 5.95. The van der Waals surface area contributed by atoms with Gasteiger partial charge in [-0.05, 0) is 37.9 Å². The molecule has 2 unspecified atom stereocenters. The van der Waals surface area contributed by atoms with Gasteiger partial charge in [0.25, 0.3) is 0 Å². The van der Waals surface area contributed by atoms with Gasteiger partial charge < -0.3 is 10.1 Å². The van der Waals surface area contributed by atoms with Crippen LogP contribution in [0, 0.1) is 0 Å². The summed E-state index contributed by atoms with van der Waals surface area (Å²) < 4.78 is 6.63. The predicted octanol–water partition coefficient (Wildman–Crippen LogP) is 3.10. The lowest BCUT2D eigenvalue weighted by molar-refractivity contribution is 0.0791. The van der Waals surface area contributed by atoms with Gasteiger partial charge in [0.2, 0.25) is 0 Å². The Kier molecular flexibility index (Phi) is 4.65. The van der Waals surface area contributed by atoms with Crippen molar-refractivity contribution in [1.82, 2.24) is 5.32 Å². The van der Waals surface area contributed by atoms with Gasteiger partial charge in [0, 0.05) is 17.5 Å². The van der Waals surface area contributed by atoms with Crippen LogP contribution in [-0.4, -0.2) is 25.3 Å². The summed E-state index contributed by atoms with van der Waals surface area (Å²) in [6.07, 6.45) is 3.77. The van der Waals surface area contributed by atoms with Crippen LogP contribution < -0.4 is 5.32 Å². The number of rotatable bonds is 5. The van der Waals surface area contributed by atoms with Crippen molar-refractivity contribution >= 4 is 22.9 Å². The van der Waals surface area contributed by atoms with Gasteiger partial charge in [0.15, 0.2) is 0 Å². The molecular formula is C12H18ClNOS. The molecule has 1 fully saturated rings. The van der Waals surface area contributed by atoms with E-state index in [2.05, 4.69) is 18.3 Å². The Morgan fingerprint density at radius 2 is 2.50 bits per heavy atom. The van der Waals surface area contributed by atoms with E-state index in [1.165, 1.54) is 17.7 Å². The average Bonchev–Trinajstić information content (AvgIpc) is 2.88. The number of nitrogens with one attached hydrogen (secondary N) is 1. The van der Waals surface area contributed by atoms with Crippen LogP contribution in [0.2, 0.25) is 4.34 Å². The van der Waals surface area contributed by atoms with Gasteiger partial charge in [-0.25, -0.2) is 0 Å². The lowest BCUT2D eigenvalue weighted by Crippen LogP contribution is -2.41. The third-order valence-electron chi connectivity index (χ3n) is 2.93. The van der Waals surface area contributed by atoms with Crippen molar-refractivity contribution in [1.29, 1.82) is 0 Å². The molecule has 1 aromatic rings. The Labute approximate surface area is 106 Å². The molecule has 2 heterocycles. The Balaban J connectivity index is 1.96. The topological polar surface area (TPSA) is 21.3 Å². The first kappa shape index (κ1) is 12.4. The fraction of sp³-hybridized carbons (Fsp3) is 0.667. The number of hydrogen-bond donors (Lipinski definition) is 1. The quantitative estimate of drug-likeness (QED) is 0.877. The van der Waals surface area contributed by atoms with Crippen molar-refractivity contribution in [2.45, 2.75) is 38.3 Å². The van der Waals surface area contributed by atoms with E-state index in [0.29, 0.717) is 12.1 Å². The highest BCUT2D eigenvalue weighted by Crippen LogP contribution is 2.25. The molecule has 1 aliphatic rings. The second-order valence-corrected chi connectivity index (χ2v) is 5.93. The van der Waals surface area contributed by atoms with Crippen molar-refractivity contribution in [3.8, 4) is 0 Å². The van der Waals surface area contributed by atoms with E-state index < -0.39 is 0 Å². The smallest absolute Gasteiger partial charge is 0.0931 e. The highest BCUT2D eigenvalue weighted by Gasteiger charge is 2.25. The zero-order valence-electron chi connectivity index (χ0n) is 9.54. The van der Waals surface area contributed by atoms with Crippen molar-refractivity contribution in [3.05, 3.63) is 21.3 Å². The minimum absolute atomic E-state index is 0.376. The van der Waals surface area contributed by atoms with E-state index in [1.54, 1.807) is 11.3 Å². The lowest BCUT2D eigenvalue weighted by Gasteiger charge is -2.23. The van der Waals surface area contributed by atoms with E-state index in [9.17, 15) is 0 Å². The zero-order valence-corrected chi connectivity index (χ0v) is 11.1. The molecule has 1 saturated heterocycles. The molecule has 0 aromatic carbocycles. The molecule has 90 valence electrons. The van der Waals surface area contributed by atoms with Gasteiger partial charge in [-0.2, -0.15) is 0 Å². The van der Waals surface area contributed by atoms with Gasteiger partial charge >= 0.3 is 0 Å². The van der Waals surface area contributed by atoms with Gasteiger partial charge in [-0.1, -0.05) is 18.5 Å². The molecule has 1 aliphatic heterocycles. The molecule has 0 amide bonds. The van der Waals surface area contributed by atoms with Crippen LogP contribution >= 0.6 is 22.9 Å². The van der Waals surface area contributed by atoms with Gasteiger partial charge in [0.1, 0.15) is 0 Å². The molecule has 1 N–H and O–H groups in total. The normalized spacial score (nSPS) is 22.5. The number of hydrogen-bond acceptors (Lipinski definition) is 3. The third-order valence-corrected chi connectivity index (χ3v) is 4.18. The number of thiophene rings is 1. The van der Waals surface area contributed by atoms with Crippen LogP contribution in [0.25, 0.3) is 0 Å². The summed E-state index contributed by atoms with van der Waals surface area (Å²) in [5, 5.41) is 3.52. The molecule has 0 spiro atoms. The van der Waals surface area contributed by atoms with Crippen molar-refractivity contribution in [2.75, 3.05) is 13.2 Å². The van der Waals surface area contributed by atoms with Crippen molar-refractivity contribution < 1.29 is 4.74 Å². The predicted molar refractivity (Wildman–Crippen MR) is 69.5 cm³/mol. The molecule has 0 aliphatic carbocycles. The summed E-state index contributed by atoms with van der Waals surface area (Å²) in [7, 11) is 0.